The van der Waals surface area contributed by atoms with Crippen LogP contribution in [0, 0.1) is 0 Å². The van der Waals surface area contributed by atoms with Crippen molar-refractivity contribution in [3.8, 4) is 10.8 Å². The molecule has 3 rings (SSSR count). The summed E-state index contributed by atoms with van der Waals surface area (Å²) in [5.41, 5.74) is 0.185. The number of benzene rings is 1. The van der Waals surface area contributed by atoms with Gasteiger partial charge in [-0.05, 0) is 30.5 Å². The van der Waals surface area contributed by atoms with E-state index in [0.29, 0.717) is 24.9 Å². The van der Waals surface area contributed by atoms with Crippen molar-refractivity contribution in [3.05, 3.63) is 49.6 Å². The van der Waals surface area contributed by atoms with Crippen molar-refractivity contribution in [3.63, 3.8) is 0 Å². The first-order valence-electron chi connectivity index (χ1n) is 8.60. The second-order valence-electron chi connectivity index (χ2n) is 6.08. The van der Waals surface area contributed by atoms with E-state index in [2.05, 4.69) is 15.5 Å². The Balaban J connectivity index is 1.69. The fraction of sp³-hybridized carbons (Fsp3) is 0.278. The van der Waals surface area contributed by atoms with Crippen LogP contribution in [0.4, 0.5) is 5.69 Å². The Bertz CT molecular complexity index is 968. The number of amides is 1. The first-order chi connectivity index (χ1) is 13.9. The van der Waals surface area contributed by atoms with Crippen LogP contribution >= 0.6 is 57.7 Å². The van der Waals surface area contributed by atoms with Crippen LogP contribution in [-0.2, 0) is 11.3 Å². The van der Waals surface area contributed by atoms with Gasteiger partial charge in [-0.2, -0.15) is 0 Å². The highest BCUT2D eigenvalue weighted by Gasteiger charge is 2.19. The Morgan fingerprint density at radius 1 is 1.21 bits per heavy atom. The van der Waals surface area contributed by atoms with Gasteiger partial charge in [-0.1, -0.05) is 59.4 Å². The van der Waals surface area contributed by atoms with Gasteiger partial charge in [0.15, 0.2) is 0 Å². The van der Waals surface area contributed by atoms with Crippen molar-refractivity contribution >= 4 is 69.3 Å². The second-order valence-corrected chi connectivity index (χ2v) is 8.60. The standard InChI is InChI=1S/C18H16Cl4N4O2S/c1-2-5-26(9-14-24-25-18(28-14)12-4-3-6-29-12)8-13(27)23-17-15(21)10(19)7-11(20)16(17)22/h3-4,6-7H,2,5,8-9H2,1H3,(H,23,27). The van der Waals surface area contributed by atoms with Crippen molar-refractivity contribution < 1.29 is 9.21 Å². The van der Waals surface area contributed by atoms with E-state index in [-0.39, 0.29) is 38.2 Å². The number of hydrogen-bond donors (Lipinski definition) is 1. The highest BCUT2D eigenvalue weighted by molar-refractivity contribution is 7.13. The number of nitrogens with zero attached hydrogens (tertiary/aromatic N) is 3. The Kier molecular flexibility index (Phi) is 7.79. The summed E-state index contributed by atoms with van der Waals surface area (Å²) >= 11 is 25.9. The van der Waals surface area contributed by atoms with E-state index in [1.807, 2.05) is 29.3 Å². The molecule has 0 radical (unpaired) electrons. The molecule has 0 aliphatic carbocycles. The van der Waals surface area contributed by atoms with Gasteiger partial charge in [0.1, 0.15) is 0 Å². The summed E-state index contributed by atoms with van der Waals surface area (Å²) in [6.45, 7) is 3.07. The minimum absolute atomic E-state index is 0.0708. The predicted molar refractivity (Wildman–Crippen MR) is 118 cm³/mol. The summed E-state index contributed by atoms with van der Waals surface area (Å²) in [6, 6.07) is 5.24. The van der Waals surface area contributed by atoms with Gasteiger partial charge < -0.3 is 9.73 Å². The van der Waals surface area contributed by atoms with E-state index >= 15 is 0 Å². The molecule has 1 amide bonds. The molecular formula is C18H16Cl4N4O2S. The highest BCUT2D eigenvalue weighted by atomic mass is 35.5. The molecular weight excluding hydrogens is 478 g/mol. The molecule has 6 nitrogen and oxygen atoms in total. The van der Waals surface area contributed by atoms with Gasteiger partial charge in [0.25, 0.3) is 5.89 Å². The van der Waals surface area contributed by atoms with Crippen LogP contribution in [0.25, 0.3) is 10.8 Å². The molecule has 0 aliphatic heterocycles. The molecule has 1 N–H and O–H groups in total. The van der Waals surface area contributed by atoms with Crippen molar-refractivity contribution in [2.75, 3.05) is 18.4 Å². The number of rotatable bonds is 8. The van der Waals surface area contributed by atoms with E-state index in [1.165, 1.54) is 17.4 Å². The second kappa shape index (κ2) is 10.1. The molecule has 29 heavy (non-hydrogen) atoms. The van der Waals surface area contributed by atoms with E-state index in [1.54, 1.807) is 0 Å². The van der Waals surface area contributed by atoms with Crippen LogP contribution in [0.15, 0.2) is 28.0 Å². The molecule has 154 valence electrons. The lowest BCUT2D eigenvalue weighted by Crippen LogP contribution is -2.33. The maximum Gasteiger partial charge on any atom is 0.257 e. The van der Waals surface area contributed by atoms with Gasteiger partial charge >= 0.3 is 0 Å². The number of halogens is 4. The van der Waals surface area contributed by atoms with Crippen LogP contribution in [0.3, 0.4) is 0 Å². The van der Waals surface area contributed by atoms with Gasteiger partial charge in [0, 0.05) is 0 Å². The quantitative estimate of drug-likeness (QED) is 0.375. The summed E-state index contributed by atoms with van der Waals surface area (Å²) in [7, 11) is 0. The minimum Gasteiger partial charge on any atom is -0.419 e. The third-order valence-electron chi connectivity index (χ3n) is 3.84. The summed E-state index contributed by atoms with van der Waals surface area (Å²) in [5, 5.41) is 13.4. The average Bonchev–Trinajstić information content (AvgIpc) is 3.35. The number of aromatic nitrogens is 2. The predicted octanol–water partition coefficient (Wildman–Crippen LogP) is 6.26. The summed E-state index contributed by atoms with van der Waals surface area (Å²) < 4.78 is 5.71. The summed E-state index contributed by atoms with van der Waals surface area (Å²) in [5.74, 6) is 0.568. The molecule has 0 spiro atoms. The van der Waals surface area contributed by atoms with E-state index in [9.17, 15) is 4.79 Å². The molecule has 2 aromatic heterocycles. The largest absolute Gasteiger partial charge is 0.419 e. The number of carbonyl (C=O) groups is 1. The molecule has 0 unspecified atom stereocenters. The number of hydrogen-bond acceptors (Lipinski definition) is 6. The lowest BCUT2D eigenvalue weighted by atomic mass is 10.3. The van der Waals surface area contributed by atoms with Gasteiger partial charge in [-0.3, -0.25) is 9.69 Å². The van der Waals surface area contributed by atoms with Crippen LogP contribution < -0.4 is 5.32 Å². The maximum atomic E-state index is 12.6. The first kappa shape index (κ1) is 22.3. The Labute approximate surface area is 191 Å². The van der Waals surface area contributed by atoms with Gasteiger partial charge in [0.05, 0.1) is 43.7 Å². The molecule has 2 heterocycles. The van der Waals surface area contributed by atoms with Crippen LogP contribution in [-0.4, -0.2) is 34.1 Å². The fourth-order valence-corrected chi connectivity index (χ4v) is 4.15. The number of carbonyl (C=O) groups excluding carboxylic acids is 1. The van der Waals surface area contributed by atoms with Crippen molar-refractivity contribution in [2.24, 2.45) is 0 Å². The molecule has 1 aromatic carbocycles. The monoisotopic (exact) mass is 492 g/mol. The Morgan fingerprint density at radius 2 is 1.93 bits per heavy atom. The SMILES string of the molecule is CCCN(CC(=O)Nc1c(Cl)c(Cl)cc(Cl)c1Cl)Cc1nnc(-c2cccs2)o1. The molecule has 0 aliphatic rings. The third kappa shape index (κ3) is 5.63. The fourth-order valence-electron chi connectivity index (χ4n) is 2.60. The maximum absolute atomic E-state index is 12.6. The van der Waals surface area contributed by atoms with Gasteiger partial charge in [-0.15, -0.1) is 21.5 Å². The Morgan fingerprint density at radius 3 is 2.55 bits per heavy atom. The van der Waals surface area contributed by atoms with Crippen molar-refractivity contribution in [2.45, 2.75) is 19.9 Å². The van der Waals surface area contributed by atoms with Crippen LogP contribution in [0.5, 0.6) is 0 Å². The number of anilines is 1. The topological polar surface area (TPSA) is 71.3 Å². The van der Waals surface area contributed by atoms with Crippen molar-refractivity contribution in [1.82, 2.24) is 15.1 Å². The smallest absolute Gasteiger partial charge is 0.257 e. The zero-order valence-electron chi connectivity index (χ0n) is 15.2. The molecule has 0 saturated carbocycles. The molecule has 11 heteroatoms. The lowest BCUT2D eigenvalue weighted by molar-refractivity contribution is -0.117. The van der Waals surface area contributed by atoms with Crippen molar-refractivity contribution in [1.29, 1.82) is 0 Å². The van der Waals surface area contributed by atoms with E-state index in [0.717, 1.165) is 11.3 Å². The molecule has 3 aromatic rings. The average molecular weight is 494 g/mol. The molecule has 0 saturated heterocycles. The highest BCUT2D eigenvalue weighted by Crippen LogP contribution is 2.41. The summed E-state index contributed by atoms with van der Waals surface area (Å²) in [6.07, 6.45) is 0.837. The number of nitrogens with one attached hydrogen (secondary N) is 1. The third-order valence-corrected chi connectivity index (χ3v) is 6.27. The van der Waals surface area contributed by atoms with Crippen LogP contribution in [0.1, 0.15) is 19.2 Å². The lowest BCUT2D eigenvalue weighted by Gasteiger charge is -2.20. The van der Waals surface area contributed by atoms with E-state index < -0.39 is 0 Å². The minimum atomic E-state index is -0.321. The molecule has 0 bridgehead atoms. The molecule has 0 atom stereocenters. The zero-order chi connectivity index (χ0) is 21.0. The first-order valence-corrected chi connectivity index (χ1v) is 11.0. The summed E-state index contributed by atoms with van der Waals surface area (Å²) in [4.78, 5) is 15.4. The Hall–Kier alpha value is -1.35. The van der Waals surface area contributed by atoms with E-state index in [4.69, 9.17) is 50.8 Å². The van der Waals surface area contributed by atoms with Crippen LogP contribution in [0.2, 0.25) is 20.1 Å². The normalized spacial score (nSPS) is 11.2. The van der Waals surface area contributed by atoms with Gasteiger partial charge in [-0.25, -0.2) is 0 Å². The number of thiophene rings is 1. The zero-order valence-corrected chi connectivity index (χ0v) is 19.1. The molecule has 0 fully saturated rings. The van der Waals surface area contributed by atoms with Gasteiger partial charge in [0.2, 0.25) is 11.8 Å².